The number of hydrogen-bond donors (Lipinski definition) is 5. The first-order valence-electron chi connectivity index (χ1n) is 7.76. The van der Waals surface area contributed by atoms with E-state index < -0.39 is 62.5 Å². The first-order valence-corrected chi connectivity index (χ1v) is 11.8. The summed E-state index contributed by atoms with van der Waals surface area (Å²) in [4.78, 5) is 31.8. The molecule has 14 nitrogen and oxygen atoms in total. The SMILES string of the molecule is Cc1nc(N=Nc2ccc(S(=O)(=O)O)cc2S(=O)O)c(COP(=O)(O)O)c(C=O)c1O. The Morgan fingerprint density at radius 2 is 1.94 bits per heavy atom. The topological polar surface area (TPSA) is 233 Å². The zero-order valence-corrected chi connectivity index (χ0v) is 17.8. The molecule has 1 aromatic carbocycles. The Hall–Kier alpha value is -2.43. The van der Waals surface area contributed by atoms with Crippen LogP contribution in [-0.2, 0) is 36.9 Å². The smallest absolute Gasteiger partial charge is 0.469 e. The van der Waals surface area contributed by atoms with Crippen molar-refractivity contribution in [2.24, 2.45) is 10.2 Å². The summed E-state index contributed by atoms with van der Waals surface area (Å²) in [7, 11) is -9.66. The number of benzene rings is 1. The van der Waals surface area contributed by atoms with Crippen molar-refractivity contribution in [1.82, 2.24) is 4.98 Å². The summed E-state index contributed by atoms with van der Waals surface area (Å²) in [5.74, 6) is -1.01. The van der Waals surface area contributed by atoms with E-state index in [1.165, 1.54) is 6.92 Å². The second-order valence-electron chi connectivity index (χ2n) is 5.70. The van der Waals surface area contributed by atoms with E-state index >= 15 is 0 Å². The minimum Gasteiger partial charge on any atom is -0.505 e. The molecular weight excluding hydrogens is 481 g/mol. The maximum Gasteiger partial charge on any atom is 0.469 e. The third-order valence-corrected chi connectivity index (χ3v) is 5.65. The van der Waals surface area contributed by atoms with Crippen LogP contribution in [0.4, 0.5) is 11.5 Å². The van der Waals surface area contributed by atoms with Gasteiger partial charge in [-0.3, -0.25) is 13.9 Å². The van der Waals surface area contributed by atoms with Crippen LogP contribution in [0.1, 0.15) is 21.6 Å². The number of hydrogen-bond acceptors (Lipinski definition) is 10. The van der Waals surface area contributed by atoms with Crippen LogP contribution in [0.5, 0.6) is 5.75 Å². The van der Waals surface area contributed by atoms with Gasteiger partial charge in [0.1, 0.15) is 11.4 Å². The van der Waals surface area contributed by atoms with E-state index in [2.05, 4.69) is 19.7 Å². The molecule has 168 valence electrons. The molecule has 0 aliphatic heterocycles. The Labute approximate surface area is 176 Å². The van der Waals surface area contributed by atoms with Gasteiger partial charge >= 0.3 is 7.82 Å². The zero-order chi connectivity index (χ0) is 23.6. The number of phosphoric acid groups is 1. The predicted molar refractivity (Wildman–Crippen MR) is 102 cm³/mol. The van der Waals surface area contributed by atoms with Gasteiger partial charge < -0.3 is 19.4 Å². The highest BCUT2D eigenvalue weighted by Gasteiger charge is 2.22. The molecule has 0 aliphatic carbocycles. The molecule has 1 aromatic heterocycles. The molecule has 0 spiro atoms. The molecule has 0 bridgehead atoms. The number of phosphoric ester groups is 1. The van der Waals surface area contributed by atoms with E-state index in [1.807, 2.05) is 0 Å². The number of azo groups is 1. The van der Waals surface area contributed by atoms with E-state index in [1.54, 1.807) is 0 Å². The lowest BCUT2D eigenvalue weighted by Gasteiger charge is -2.12. The van der Waals surface area contributed by atoms with Gasteiger partial charge in [0.25, 0.3) is 10.1 Å². The van der Waals surface area contributed by atoms with Gasteiger partial charge in [-0.2, -0.15) is 8.42 Å². The van der Waals surface area contributed by atoms with Crippen LogP contribution >= 0.6 is 7.82 Å². The molecule has 1 heterocycles. The van der Waals surface area contributed by atoms with Crippen LogP contribution < -0.4 is 0 Å². The highest BCUT2D eigenvalue weighted by Crippen LogP contribution is 2.40. The molecular formula is C14H14N3O11PS2. The van der Waals surface area contributed by atoms with Crippen LogP contribution in [0.15, 0.2) is 38.2 Å². The van der Waals surface area contributed by atoms with Crippen molar-refractivity contribution in [2.75, 3.05) is 0 Å². The van der Waals surface area contributed by atoms with Gasteiger partial charge in [-0.25, -0.2) is 13.8 Å². The summed E-state index contributed by atoms with van der Waals surface area (Å²) in [6, 6.07) is 2.52. The first-order chi connectivity index (χ1) is 14.2. The minimum atomic E-state index is -4.98. The van der Waals surface area contributed by atoms with Gasteiger partial charge in [0.15, 0.2) is 23.2 Å². The van der Waals surface area contributed by atoms with Crippen molar-refractivity contribution in [3.05, 3.63) is 35.0 Å². The minimum absolute atomic E-state index is 0.0938. The Bertz CT molecular complexity index is 1240. The van der Waals surface area contributed by atoms with Crippen LogP contribution in [-0.4, -0.2) is 47.9 Å². The van der Waals surface area contributed by atoms with Crippen molar-refractivity contribution in [3.8, 4) is 5.75 Å². The second kappa shape index (κ2) is 9.37. The molecule has 17 heteroatoms. The summed E-state index contributed by atoms with van der Waals surface area (Å²) in [5.41, 5.74) is -1.19. The van der Waals surface area contributed by atoms with Crippen molar-refractivity contribution >= 4 is 46.8 Å². The van der Waals surface area contributed by atoms with E-state index in [-0.39, 0.29) is 23.2 Å². The lowest BCUT2D eigenvalue weighted by Crippen LogP contribution is -2.01. The van der Waals surface area contributed by atoms with E-state index in [4.69, 9.17) is 14.3 Å². The molecule has 2 rings (SSSR count). The molecule has 0 fully saturated rings. The first kappa shape index (κ1) is 24.8. The summed E-state index contributed by atoms with van der Waals surface area (Å²) in [6.07, 6.45) is 0.177. The highest BCUT2D eigenvalue weighted by molar-refractivity contribution is 7.86. The molecule has 5 N–H and O–H groups in total. The van der Waals surface area contributed by atoms with Gasteiger partial charge in [0.2, 0.25) is 0 Å². The predicted octanol–water partition coefficient (Wildman–Crippen LogP) is 1.76. The molecule has 0 radical (unpaired) electrons. The number of aldehydes is 1. The van der Waals surface area contributed by atoms with E-state index in [0.29, 0.717) is 6.07 Å². The average molecular weight is 495 g/mol. The fraction of sp³-hybridized carbons (Fsp3) is 0.143. The lowest BCUT2D eigenvalue weighted by atomic mass is 10.1. The molecule has 0 saturated carbocycles. The summed E-state index contributed by atoms with van der Waals surface area (Å²) >= 11 is -2.75. The third kappa shape index (κ3) is 6.28. The third-order valence-electron chi connectivity index (χ3n) is 3.63. The lowest BCUT2D eigenvalue weighted by molar-refractivity contribution is 0.111. The second-order valence-corrected chi connectivity index (χ2v) is 9.30. The quantitative estimate of drug-likeness (QED) is 0.116. The number of aryl methyl sites for hydroxylation is 1. The molecule has 1 unspecified atom stereocenters. The van der Waals surface area contributed by atoms with Gasteiger partial charge in [-0.05, 0) is 25.1 Å². The molecule has 0 aliphatic rings. The van der Waals surface area contributed by atoms with Gasteiger partial charge in [-0.15, -0.1) is 10.2 Å². The zero-order valence-electron chi connectivity index (χ0n) is 15.3. The van der Waals surface area contributed by atoms with Crippen molar-refractivity contribution in [1.29, 1.82) is 0 Å². The fourth-order valence-corrected chi connectivity index (χ4v) is 3.61. The van der Waals surface area contributed by atoms with Gasteiger partial charge in [0, 0.05) is 5.56 Å². The normalized spacial score (nSPS) is 13.5. The number of carbonyl (C=O) groups is 1. The summed E-state index contributed by atoms with van der Waals surface area (Å²) < 4.78 is 67.7. The van der Waals surface area contributed by atoms with E-state index in [0.717, 1.165) is 12.1 Å². The number of pyridine rings is 1. The number of aromatic nitrogens is 1. The van der Waals surface area contributed by atoms with Crippen LogP contribution in [0.25, 0.3) is 0 Å². The number of aromatic hydroxyl groups is 1. The number of carbonyl (C=O) groups excluding carboxylic acids is 1. The Morgan fingerprint density at radius 1 is 1.29 bits per heavy atom. The average Bonchev–Trinajstić information content (AvgIpc) is 2.65. The van der Waals surface area contributed by atoms with Crippen LogP contribution in [0.2, 0.25) is 0 Å². The van der Waals surface area contributed by atoms with Crippen LogP contribution in [0, 0.1) is 6.92 Å². The van der Waals surface area contributed by atoms with Crippen LogP contribution in [0.3, 0.4) is 0 Å². The van der Waals surface area contributed by atoms with Gasteiger partial charge in [0.05, 0.1) is 27.7 Å². The highest BCUT2D eigenvalue weighted by atomic mass is 32.2. The summed E-state index contributed by atoms with van der Waals surface area (Å²) in [6.45, 7) is 0.401. The van der Waals surface area contributed by atoms with Crippen molar-refractivity contribution in [2.45, 2.75) is 23.3 Å². The molecule has 1 atom stereocenters. The Kier molecular flexibility index (Phi) is 7.51. The Balaban J connectivity index is 2.62. The standard InChI is InChI=1S/C14H14N3O11PS2/c1-7-13(19)9(5-18)10(6-28-29(20,21)22)14(15-7)17-16-11-3-2-8(31(25,26)27)4-12(11)30(23)24/h2-5,19H,6H2,1H3,(H,23,24)(H2,20,21,22)(H,25,26,27). The molecule has 0 amide bonds. The monoisotopic (exact) mass is 495 g/mol. The van der Waals surface area contributed by atoms with Gasteiger partial charge in [-0.1, -0.05) is 0 Å². The molecule has 0 saturated heterocycles. The maximum absolute atomic E-state index is 11.5. The number of nitrogens with zero attached hydrogens (tertiary/aromatic N) is 3. The molecule has 2 aromatic rings. The Morgan fingerprint density at radius 3 is 2.45 bits per heavy atom. The molecule has 31 heavy (non-hydrogen) atoms. The van der Waals surface area contributed by atoms with Crippen molar-refractivity contribution in [3.63, 3.8) is 0 Å². The fourth-order valence-electron chi connectivity index (χ4n) is 2.22. The van der Waals surface area contributed by atoms with Crippen molar-refractivity contribution < 1.29 is 50.5 Å². The summed E-state index contributed by atoms with van der Waals surface area (Å²) in [5, 5.41) is 17.3. The number of rotatable bonds is 8. The maximum atomic E-state index is 11.5. The van der Waals surface area contributed by atoms with E-state index in [9.17, 15) is 31.6 Å². The largest absolute Gasteiger partial charge is 0.505 e.